The van der Waals surface area contributed by atoms with Gasteiger partial charge in [0.05, 0.1) is 18.0 Å². The van der Waals surface area contributed by atoms with Crippen LogP contribution in [0, 0.1) is 0 Å². The standard InChI is InChI=1S/C16H12BrClN2O/c17-13-8-4-5-9-14(13)20-16(18)12(10-21)15(19-20)11-6-2-1-3-7-11/h1-9,21H,10H2. The Hall–Kier alpha value is -1.62. The summed E-state index contributed by atoms with van der Waals surface area (Å²) in [6.07, 6.45) is 0. The van der Waals surface area contributed by atoms with Crippen molar-refractivity contribution in [3.63, 3.8) is 0 Å². The maximum Gasteiger partial charge on any atom is 0.139 e. The molecule has 0 aliphatic rings. The Morgan fingerprint density at radius 3 is 2.38 bits per heavy atom. The Morgan fingerprint density at radius 2 is 1.71 bits per heavy atom. The molecule has 0 amide bonds. The molecule has 0 atom stereocenters. The van der Waals surface area contributed by atoms with E-state index in [4.69, 9.17) is 11.6 Å². The quantitative estimate of drug-likeness (QED) is 0.746. The second kappa shape index (κ2) is 6.02. The first-order valence-corrected chi connectivity index (χ1v) is 7.58. The molecule has 5 heteroatoms. The molecule has 1 aromatic heterocycles. The summed E-state index contributed by atoms with van der Waals surface area (Å²) in [4.78, 5) is 0. The molecule has 3 aromatic rings. The van der Waals surface area contributed by atoms with Crippen molar-refractivity contribution in [3.8, 4) is 16.9 Å². The summed E-state index contributed by atoms with van der Waals surface area (Å²) in [5.41, 5.74) is 3.08. The van der Waals surface area contributed by atoms with Gasteiger partial charge in [0.25, 0.3) is 0 Å². The van der Waals surface area contributed by atoms with Crippen molar-refractivity contribution in [3.05, 3.63) is 69.8 Å². The van der Waals surface area contributed by atoms with Crippen molar-refractivity contribution in [2.45, 2.75) is 6.61 Å². The summed E-state index contributed by atoms with van der Waals surface area (Å²) in [6, 6.07) is 17.4. The van der Waals surface area contributed by atoms with Crippen molar-refractivity contribution in [2.75, 3.05) is 0 Å². The number of hydrogen-bond donors (Lipinski definition) is 1. The topological polar surface area (TPSA) is 38.1 Å². The highest BCUT2D eigenvalue weighted by atomic mass is 79.9. The molecule has 3 rings (SSSR count). The molecule has 1 N–H and O–H groups in total. The number of benzene rings is 2. The van der Waals surface area contributed by atoms with Gasteiger partial charge >= 0.3 is 0 Å². The monoisotopic (exact) mass is 362 g/mol. The van der Waals surface area contributed by atoms with Gasteiger partial charge in [-0.05, 0) is 28.1 Å². The lowest BCUT2D eigenvalue weighted by molar-refractivity contribution is 0.282. The van der Waals surface area contributed by atoms with E-state index in [0.29, 0.717) is 16.4 Å². The fraction of sp³-hybridized carbons (Fsp3) is 0.0625. The molecule has 3 nitrogen and oxygen atoms in total. The van der Waals surface area contributed by atoms with Gasteiger partial charge in [-0.15, -0.1) is 0 Å². The zero-order chi connectivity index (χ0) is 14.8. The summed E-state index contributed by atoms with van der Waals surface area (Å²) in [5, 5.41) is 14.6. The molecule has 0 fully saturated rings. The van der Waals surface area contributed by atoms with E-state index in [0.717, 1.165) is 15.7 Å². The predicted molar refractivity (Wildman–Crippen MR) is 87.6 cm³/mol. The van der Waals surface area contributed by atoms with Crippen molar-refractivity contribution in [2.24, 2.45) is 0 Å². The number of aromatic nitrogens is 2. The molecular formula is C16H12BrClN2O. The third-order valence-electron chi connectivity index (χ3n) is 3.21. The van der Waals surface area contributed by atoms with Crippen LogP contribution in [0.3, 0.4) is 0 Å². The van der Waals surface area contributed by atoms with Crippen LogP contribution < -0.4 is 0 Å². The average Bonchev–Trinajstić information content (AvgIpc) is 2.85. The number of rotatable bonds is 3. The summed E-state index contributed by atoms with van der Waals surface area (Å²) in [5.74, 6) is 0. The first kappa shape index (κ1) is 14.3. The number of aliphatic hydroxyl groups is 1. The second-order valence-electron chi connectivity index (χ2n) is 4.51. The summed E-state index contributed by atoms with van der Waals surface area (Å²) < 4.78 is 2.53. The number of aliphatic hydroxyl groups excluding tert-OH is 1. The molecule has 0 radical (unpaired) electrons. The Kier molecular flexibility index (Phi) is 4.10. The number of nitrogens with zero attached hydrogens (tertiary/aromatic N) is 2. The van der Waals surface area contributed by atoms with Crippen LogP contribution in [0.25, 0.3) is 16.9 Å². The third-order valence-corrected chi connectivity index (χ3v) is 4.27. The average molecular weight is 364 g/mol. The number of halogens is 2. The lowest BCUT2D eigenvalue weighted by atomic mass is 10.1. The Morgan fingerprint density at radius 1 is 1.05 bits per heavy atom. The van der Waals surface area contributed by atoms with Gasteiger partial charge in [-0.25, -0.2) is 4.68 Å². The van der Waals surface area contributed by atoms with Crippen LogP contribution in [0.1, 0.15) is 5.56 Å². The van der Waals surface area contributed by atoms with Crippen molar-refractivity contribution in [1.82, 2.24) is 9.78 Å². The predicted octanol–water partition coefficient (Wildman–Crippen LogP) is 4.45. The van der Waals surface area contributed by atoms with E-state index in [1.807, 2.05) is 54.6 Å². The zero-order valence-electron chi connectivity index (χ0n) is 11.0. The minimum absolute atomic E-state index is 0.159. The minimum atomic E-state index is -0.159. The summed E-state index contributed by atoms with van der Waals surface area (Å²) in [7, 11) is 0. The molecular weight excluding hydrogens is 352 g/mol. The molecule has 21 heavy (non-hydrogen) atoms. The van der Waals surface area contributed by atoms with Gasteiger partial charge in [-0.3, -0.25) is 0 Å². The lowest BCUT2D eigenvalue weighted by Crippen LogP contribution is -1.97. The second-order valence-corrected chi connectivity index (χ2v) is 5.72. The minimum Gasteiger partial charge on any atom is -0.391 e. The molecule has 0 unspecified atom stereocenters. The number of para-hydroxylation sites is 1. The maximum absolute atomic E-state index is 9.64. The lowest BCUT2D eigenvalue weighted by Gasteiger charge is -2.05. The highest BCUT2D eigenvalue weighted by molar-refractivity contribution is 9.10. The van der Waals surface area contributed by atoms with Gasteiger partial charge in [0.2, 0.25) is 0 Å². The van der Waals surface area contributed by atoms with Crippen molar-refractivity contribution < 1.29 is 5.11 Å². The van der Waals surface area contributed by atoms with Gasteiger partial charge in [-0.2, -0.15) is 5.10 Å². The van der Waals surface area contributed by atoms with Crippen LogP contribution in [0.4, 0.5) is 0 Å². The largest absolute Gasteiger partial charge is 0.391 e. The van der Waals surface area contributed by atoms with Crippen LogP contribution in [0.2, 0.25) is 5.15 Å². The zero-order valence-corrected chi connectivity index (χ0v) is 13.3. The van der Waals surface area contributed by atoms with Crippen molar-refractivity contribution in [1.29, 1.82) is 0 Å². The summed E-state index contributed by atoms with van der Waals surface area (Å²) >= 11 is 9.90. The first-order valence-electron chi connectivity index (χ1n) is 6.41. The maximum atomic E-state index is 9.64. The molecule has 0 bridgehead atoms. The first-order chi connectivity index (χ1) is 10.2. The highest BCUT2D eigenvalue weighted by Crippen LogP contribution is 2.32. The molecule has 0 aliphatic heterocycles. The fourth-order valence-electron chi connectivity index (χ4n) is 2.18. The third kappa shape index (κ3) is 2.62. The smallest absolute Gasteiger partial charge is 0.139 e. The van der Waals surface area contributed by atoms with Crippen LogP contribution in [-0.2, 0) is 6.61 Å². The Labute approximate surface area is 135 Å². The van der Waals surface area contributed by atoms with Crippen LogP contribution in [0.15, 0.2) is 59.1 Å². The molecule has 0 saturated carbocycles. The number of hydrogen-bond acceptors (Lipinski definition) is 2. The van der Waals surface area contributed by atoms with E-state index in [1.54, 1.807) is 4.68 Å². The van der Waals surface area contributed by atoms with Gasteiger partial charge in [0.15, 0.2) is 0 Å². The molecule has 1 heterocycles. The van der Waals surface area contributed by atoms with Crippen molar-refractivity contribution >= 4 is 27.5 Å². The fourth-order valence-corrected chi connectivity index (χ4v) is 2.91. The van der Waals surface area contributed by atoms with E-state index >= 15 is 0 Å². The van der Waals surface area contributed by atoms with Crippen LogP contribution >= 0.6 is 27.5 Å². The van der Waals surface area contributed by atoms with Gasteiger partial charge in [0, 0.05) is 15.6 Å². The Bertz CT molecular complexity index is 771. The molecule has 0 saturated heterocycles. The SMILES string of the molecule is OCc1c(-c2ccccc2)nn(-c2ccccc2Br)c1Cl. The van der Waals surface area contributed by atoms with Gasteiger partial charge in [0.1, 0.15) is 5.15 Å². The highest BCUT2D eigenvalue weighted by Gasteiger charge is 2.18. The van der Waals surface area contributed by atoms with Gasteiger partial charge in [-0.1, -0.05) is 54.1 Å². The van der Waals surface area contributed by atoms with E-state index in [1.165, 1.54) is 0 Å². The normalized spacial score (nSPS) is 10.8. The van der Waals surface area contributed by atoms with Gasteiger partial charge < -0.3 is 5.11 Å². The van der Waals surface area contributed by atoms with E-state index in [-0.39, 0.29) is 6.61 Å². The molecule has 2 aromatic carbocycles. The van der Waals surface area contributed by atoms with Crippen LogP contribution in [-0.4, -0.2) is 14.9 Å². The van der Waals surface area contributed by atoms with Crippen LogP contribution in [0.5, 0.6) is 0 Å². The Balaban J connectivity index is 2.21. The van der Waals surface area contributed by atoms with E-state index < -0.39 is 0 Å². The molecule has 106 valence electrons. The molecule has 0 spiro atoms. The van der Waals surface area contributed by atoms with E-state index in [9.17, 15) is 5.11 Å². The van der Waals surface area contributed by atoms with E-state index in [2.05, 4.69) is 21.0 Å². The molecule has 0 aliphatic carbocycles. The summed E-state index contributed by atoms with van der Waals surface area (Å²) in [6.45, 7) is -0.159.